The molecule has 0 heterocycles. The van der Waals surface area contributed by atoms with E-state index in [9.17, 15) is 0 Å². The van der Waals surface area contributed by atoms with Gasteiger partial charge < -0.3 is 10.0 Å². The molecule has 0 aromatic carbocycles. The monoisotopic (exact) mass is 223 g/mol. The molecule has 0 unspecified atom stereocenters. The first-order valence-corrected chi connectivity index (χ1v) is 5.60. The third kappa shape index (κ3) is 12.2. The average molecular weight is 224 g/mol. The summed E-state index contributed by atoms with van der Waals surface area (Å²) in [4.78, 5) is 2.19. The molecule has 0 rings (SSSR count). The molecule has 0 radical (unpaired) electrons. The fourth-order valence-corrected chi connectivity index (χ4v) is 1.44. The van der Waals surface area contributed by atoms with Gasteiger partial charge in [-0.2, -0.15) is 0 Å². The number of nitrogens with zero attached hydrogens (tertiary/aromatic N) is 1. The molecule has 0 aliphatic rings. The molecule has 0 bridgehead atoms. The second kappa shape index (κ2) is 13.2. The van der Waals surface area contributed by atoms with Crippen LogP contribution in [0.5, 0.6) is 0 Å². The van der Waals surface area contributed by atoms with E-state index >= 15 is 0 Å². The first kappa shape index (κ1) is 16.6. The van der Waals surface area contributed by atoms with Gasteiger partial charge in [-0.05, 0) is 20.0 Å². The maximum atomic E-state index is 8.67. The molecular weight excluding hydrogens is 198 g/mol. The number of aliphatic hydroxyl groups excluding tert-OH is 1. The Morgan fingerprint density at radius 3 is 2.07 bits per heavy atom. The van der Waals surface area contributed by atoms with Gasteiger partial charge in [-0.25, -0.2) is 0 Å². The van der Waals surface area contributed by atoms with Gasteiger partial charge >= 0.3 is 0 Å². The molecule has 0 amide bonds. The van der Waals surface area contributed by atoms with Crippen LogP contribution in [-0.4, -0.2) is 36.8 Å². The van der Waals surface area contributed by atoms with E-state index in [0.29, 0.717) is 0 Å². The zero-order valence-corrected chi connectivity index (χ0v) is 10.5. The molecule has 14 heavy (non-hydrogen) atoms. The van der Waals surface area contributed by atoms with E-state index in [4.69, 9.17) is 5.11 Å². The second-order valence-corrected chi connectivity index (χ2v) is 3.79. The Balaban J connectivity index is 0. The van der Waals surface area contributed by atoms with Crippen LogP contribution in [-0.2, 0) is 0 Å². The summed E-state index contributed by atoms with van der Waals surface area (Å²) in [5, 5.41) is 8.67. The minimum absolute atomic E-state index is 0. The second-order valence-electron chi connectivity index (χ2n) is 3.79. The van der Waals surface area contributed by atoms with Crippen molar-refractivity contribution < 1.29 is 5.11 Å². The third-order valence-corrected chi connectivity index (χ3v) is 2.38. The quantitative estimate of drug-likeness (QED) is 0.608. The lowest BCUT2D eigenvalue weighted by molar-refractivity contribution is 0.219. The van der Waals surface area contributed by atoms with Crippen LogP contribution in [0.25, 0.3) is 0 Å². The Labute approximate surface area is 95.1 Å². The van der Waals surface area contributed by atoms with Crippen LogP contribution in [0, 0.1) is 0 Å². The lowest BCUT2D eigenvalue weighted by Crippen LogP contribution is -2.23. The van der Waals surface area contributed by atoms with E-state index in [2.05, 4.69) is 18.9 Å². The Hall–Kier alpha value is 0.210. The fourth-order valence-electron chi connectivity index (χ4n) is 1.44. The van der Waals surface area contributed by atoms with Crippen LogP contribution in [0.1, 0.15) is 45.4 Å². The zero-order valence-electron chi connectivity index (χ0n) is 9.67. The molecule has 88 valence electrons. The first-order chi connectivity index (χ1) is 6.31. The van der Waals surface area contributed by atoms with Gasteiger partial charge in [0.15, 0.2) is 0 Å². The number of likely N-dealkylation sites (N-methyl/N-ethyl adjacent to an activating group) is 1. The number of aliphatic hydroxyl groups is 1. The topological polar surface area (TPSA) is 23.5 Å². The van der Waals surface area contributed by atoms with Crippen molar-refractivity contribution in [2.24, 2.45) is 0 Å². The highest BCUT2D eigenvalue weighted by atomic mass is 35.5. The van der Waals surface area contributed by atoms with Crippen LogP contribution < -0.4 is 0 Å². The molecule has 0 saturated carbocycles. The molecule has 0 atom stereocenters. The van der Waals surface area contributed by atoms with Gasteiger partial charge in [0, 0.05) is 6.54 Å². The highest BCUT2D eigenvalue weighted by Crippen LogP contribution is 2.05. The van der Waals surface area contributed by atoms with Crippen LogP contribution >= 0.6 is 12.4 Å². The van der Waals surface area contributed by atoms with E-state index in [1.54, 1.807) is 0 Å². The highest BCUT2D eigenvalue weighted by molar-refractivity contribution is 5.85. The van der Waals surface area contributed by atoms with E-state index < -0.39 is 0 Å². The molecule has 3 heteroatoms. The van der Waals surface area contributed by atoms with Crippen molar-refractivity contribution in [3.8, 4) is 0 Å². The standard InChI is InChI=1S/C11H25NO.ClH/c1-3-4-5-6-7-8-9-12(2)10-11-13;/h13H,3-11H2,1-2H3;1H. The third-order valence-electron chi connectivity index (χ3n) is 2.38. The van der Waals surface area contributed by atoms with Gasteiger partial charge in [-0.1, -0.05) is 39.0 Å². The van der Waals surface area contributed by atoms with E-state index in [0.717, 1.165) is 13.1 Å². The van der Waals surface area contributed by atoms with Crippen molar-refractivity contribution in [2.75, 3.05) is 26.7 Å². The number of hydrogen-bond donors (Lipinski definition) is 1. The van der Waals surface area contributed by atoms with Gasteiger partial charge in [-0.3, -0.25) is 0 Å². The van der Waals surface area contributed by atoms with Crippen molar-refractivity contribution in [3.63, 3.8) is 0 Å². The summed E-state index contributed by atoms with van der Waals surface area (Å²) < 4.78 is 0. The lowest BCUT2D eigenvalue weighted by atomic mass is 10.1. The first-order valence-electron chi connectivity index (χ1n) is 5.60. The molecular formula is C11H26ClNO. The lowest BCUT2D eigenvalue weighted by Gasteiger charge is -2.14. The molecule has 0 aliphatic carbocycles. The number of unbranched alkanes of at least 4 members (excludes halogenated alkanes) is 5. The number of hydrogen-bond acceptors (Lipinski definition) is 2. The summed E-state index contributed by atoms with van der Waals surface area (Å²) in [6.07, 6.45) is 8.09. The maximum Gasteiger partial charge on any atom is 0.0558 e. The predicted molar refractivity (Wildman–Crippen MR) is 65.2 cm³/mol. The van der Waals surface area contributed by atoms with Crippen LogP contribution in [0.15, 0.2) is 0 Å². The molecule has 0 aromatic rings. The predicted octanol–water partition coefficient (Wildman–Crippen LogP) is 2.69. The maximum absolute atomic E-state index is 8.67. The molecule has 0 aliphatic heterocycles. The number of rotatable bonds is 9. The van der Waals surface area contributed by atoms with E-state index in [-0.39, 0.29) is 19.0 Å². The molecule has 0 fully saturated rings. The van der Waals surface area contributed by atoms with Crippen LogP contribution in [0.3, 0.4) is 0 Å². The van der Waals surface area contributed by atoms with Crippen LogP contribution in [0.2, 0.25) is 0 Å². The summed E-state index contributed by atoms with van der Waals surface area (Å²) >= 11 is 0. The minimum atomic E-state index is 0. The smallest absolute Gasteiger partial charge is 0.0558 e. The van der Waals surface area contributed by atoms with Crippen molar-refractivity contribution in [1.82, 2.24) is 4.90 Å². The molecule has 0 saturated heterocycles. The van der Waals surface area contributed by atoms with Gasteiger partial charge in [-0.15, -0.1) is 12.4 Å². The Morgan fingerprint density at radius 2 is 1.50 bits per heavy atom. The Kier molecular flexibility index (Phi) is 15.7. The van der Waals surface area contributed by atoms with Gasteiger partial charge in [0.25, 0.3) is 0 Å². The molecule has 1 N–H and O–H groups in total. The molecule has 0 spiro atoms. The summed E-state index contributed by atoms with van der Waals surface area (Å²) in [5.74, 6) is 0. The van der Waals surface area contributed by atoms with Gasteiger partial charge in [0.1, 0.15) is 0 Å². The summed E-state index contributed by atoms with van der Waals surface area (Å²) in [6, 6.07) is 0. The Bertz CT molecular complexity index is 101. The largest absolute Gasteiger partial charge is 0.395 e. The van der Waals surface area contributed by atoms with Crippen molar-refractivity contribution in [1.29, 1.82) is 0 Å². The molecule has 0 aromatic heterocycles. The van der Waals surface area contributed by atoms with Crippen LogP contribution in [0.4, 0.5) is 0 Å². The Morgan fingerprint density at radius 1 is 0.929 bits per heavy atom. The van der Waals surface area contributed by atoms with Crippen molar-refractivity contribution >= 4 is 12.4 Å². The average Bonchev–Trinajstić information content (AvgIpc) is 2.11. The van der Waals surface area contributed by atoms with E-state index in [1.165, 1.54) is 38.5 Å². The summed E-state index contributed by atoms with van der Waals surface area (Å²) in [7, 11) is 2.07. The van der Waals surface area contributed by atoms with Crippen molar-refractivity contribution in [2.45, 2.75) is 45.4 Å². The van der Waals surface area contributed by atoms with Crippen molar-refractivity contribution in [3.05, 3.63) is 0 Å². The van der Waals surface area contributed by atoms with Gasteiger partial charge in [0.2, 0.25) is 0 Å². The summed E-state index contributed by atoms with van der Waals surface area (Å²) in [5.41, 5.74) is 0. The normalized spacial score (nSPS) is 10.3. The molecule has 2 nitrogen and oxygen atoms in total. The SMILES string of the molecule is CCCCCCCCN(C)CCO.Cl. The van der Waals surface area contributed by atoms with Gasteiger partial charge in [0.05, 0.1) is 6.61 Å². The minimum Gasteiger partial charge on any atom is -0.395 e. The summed E-state index contributed by atoms with van der Waals surface area (Å²) in [6.45, 7) is 4.48. The number of halogens is 1. The zero-order chi connectivity index (χ0) is 9.94. The fraction of sp³-hybridized carbons (Fsp3) is 1.00. The highest BCUT2D eigenvalue weighted by Gasteiger charge is 1.96. The van der Waals surface area contributed by atoms with E-state index in [1.807, 2.05) is 0 Å².